The Hall–Kier alpha value is -2.77. The van der Waals surface area contributed by atoms with E-state index in [-0.39, 0.29) is 31.2 Å². The smallest absolute Gasteiger partial charge is 0.326 e. The van der Waals surface area contributed by atoms with E-state index in [2.05, 4.69) is 10.6 Å². The van der Waals surface area contributed by atoms with Gasteiger partial charge < -0.3 is 24.8 Å². The Labute approximate surface area is 187 Å². The van der Waals surface area contributed by atoms with Crippen LogP contribution in [0.5, 0.6) is 11.5 Å². The Kier molecular flexibility index (Phi) is 5.47. The van der Waals surface area contributed by atoms with E-state index in [0.717, 1.165) is 24.8 Å². The number of amides is 2. The lowest BCUT2D eigenvalue weighted by Crippen LogP contribution is -2.54. The fourth-order valence-corrected chi connectivity index (χ4v) is 6.40. The first-order valence-corrected chi connectivity index (χ1v) is 11.5. The van der Waals surface area contributed by atoms with Gasteiger partial charge >= 0.3 is 5.97 Å². The first kappa shape index (κ1) is 21.1. The largest absolute Gasteiger partial charge is 0.454 e. The number of carbonyl (C=O) groups is 3. The van der Waals surface area contributed by atoms with Crippen molar-refractivity contribution in [2.45, 2.75) is 58.1 Å². The highest BCUT2D eigenvalue weighted by molar-refractivity contribution is 5.88. The molecule has 4 saturated carbocycles. The van der Waals surface area contributed by atoms with Gasteiger partial charge in [-0.05, 0) is 80.9 Å². The summed E-state index contributed by atoms with van der Waals surface area (Å²) in [5, 5.41) is 5.54. The quantitative estimate of drug-likeness (QED) is 0.628. The van der Waals surface area contributed by atoms with E-state index in [4.69, 9.17) is 14.2 Å². The van der Waals surface area contributed by atoms with Crippen molar-refractivity contribution >= 4 is 17.8 Å². The lowest BCUT2D eigenvalue weighted by Gasteiger charge is -2.55. The highest BCUT2D eigenvalue weighted by Crippen LogP contribution is 2.60. The molecule has 1 heterocycles. The number of benzene rings is 1. The minimum absolute atomic E-state index is 0.0199. The van der Waals surface area contributed by atoms with Crippen molar-refractivity contribution in [2.75, 3.05) is 13.3 Å². The van der Waals surface area contributed by atoms with E-state index in [1.807, 2.05) is 6.07 Å². The van der Waals surface area contributed by atoms with Gasteiger partial charge in [-0.15, -0.1) is 0 Å². The Morgan fingerprint density at radius 3 is 2.38 bits per heavy atom. The van der Waals surface area contributed by atoms with Gasteiger partial charge in [0, 0.05) is 12.0 Å². The summed E-state index contributed by atoms with van der Waals surface area (Å²) in [7, 11) is 0. The molecule has 1 atom stereocenters. The summed E-state index contributed by atoms with van der Waals surface area (Å²) in [5.41, 5.74) is 0.548. The normalized spacial score (nSPS) is 30.0. The number of hydrogen-bond acceptors (Lipinski definition) is 6. The zero-order chi connectivity index (χ0) is 22.3. The molecule has 4 fully saturated rings. The molecule has 8 heteroatoms. The molecule has 5 aliphatic rings. The van der Waals surface area contributed by atoms with Crippen molar-refractivity contribution < 1.29 is 28.6 Å². The number of rotatable bonds is 7. The second kappa shape index (κ2) is 8.30. The molecule has 2 N–H and O–H groups in total. The van der Waals surface area contributed by atoms with Gasteiger partial charge in [-0.2, -0.15) is 0 Å². The SMILES string of the molecule is C[C@H](OC(=O)CNC(=O)C12CC3CC(CC(C3)C1)C2)C(=O)NCc1ccc2c(c1)OCO2. The van der Waals surface area contributed by atoms with Gasteiger partial charge in [-0.25, -0.2) is 0 Å². The molecule has 6 rings (SSSR count). The minimum atomic E-state index is -0.951. The monoisotopic (exact) mass is 442 g/mol. The summed E-state index contributed by atoms with van der Waals surface area (Å²) in [6, 6.07) is 5.43. The summed E-state index contributed by atoms with van der Waals surface area (Å²) in [6.07, 6.45) is 5.65. The van der Waals surface area contributed by atoms with Gasteiger partial charge in [-0.1, -0.05) is 6.07 Å². The second-order valence-corrected chi connectivity index (χ2v) is 9.92. The molecule has 4 bridgehead atoms. The van der Waals surface area contributed by atoms with Crippen LogP contribution in [-0.2, 0) is 25.7 Å². The lowest BCUT2D eigenvalue weighted by atomic mass is 9.49. The van der Waals surface area contributed by atoms with E-state index >= 15 is 0 Å². The third kappa shape index (κ3) is 4.14. The molecule has 1 aliphatic heterocycles. The van der Waals surface area contributed by atoms with E-state index in [1.165, 1.54) is 26.2 Å². The average molecular weight is 443 g/mol. The Morgan fingerprint density at radius 2 is 1.69 bits per heavy atom. The van der Waals surface area contributed by atoms with Gasteiger partial charge in [0.2, 0.25) is 12.7 Å². The summed E-state index contributed by atoms with van der Waals surface area (Å²) in [4.78, 5) is 37.5. The zero-order valence-corrected chi connectivity index (χ0v) is 18.4. The summed E-state index contributed by atoms with van der Waals surface area (Å²) >= 11 is 0. The number of ether oxygens (including phenoxy) is 3. The van der Waals surface area contributed by atoms with Crippen molar-refractivity contribution in [3.8, 4) is 11.5 Å². The average Bonchev–Trinajstić information content (AvgIpc) is 3.22. The van der Waals surface area contributed by atoms with Crippen LogP contribution in [0.25, 0.3) is 0 Å². The molecule has 0 unspecified atom stereocenters. The Bertz CT molecular complexity index is 894. The summed E-state index contributed by atoms with van der Waals surface area (Å²) in [5.74, 6) is 2.28. The highest BCUT2D eigenvalue weighted by atomic mass is 16.7. The van der Waals surface area contributed by atoms with Crippen LogP contribution >= 0.6 is 0 Å². The van der Waals surface area contributed by atoms with Crippen molar-refractivity contribution in [1.29, 1.82) is 0 Å². The topological polar surface area (TPSA) is 103 Å². The molecule has 8 nitrogen and oxygen atoms in total. The van der Waals surface area contributed by atoms with Gasteiger partial charge in [0.15, 0.2) is 17.6 Å². The van der Waals surface area contributed by atoms with Gasteiger partial charge in [-0.3, -0.25) is 14.4 Å². The number of carbonyl (C=O) groups excluding carboxylic acids is 3. The fourth-order valence-electron chi connectivity index (χ4n) is 6.40. The first-order chi connectivity index (χ1) is 15.4. The molecule has 2 amide bonds. The van der Waals surface area contributed by atoms with Crippen LogP contribution in [0.1, 0.15) is 51.0 Å². The van der Waals surface area contributed by atoms with E-state index in [1.54, 1.807) is 12.1 Å². The van der Waals surface area contributed by atoms with Crippen molar-refractivity contribution in [1.82, 2.24) is 10.6 Å². The van der Waals surface area contributed by atoms with E-state index in [0.29, 0.717) is 29.3 Å². The molecule has 0 saturated heterocycles. The van der Waals surface area contributed by atoms with Gasteiger partial charge in [0.1, 0.15) is 6.54 Å². The maximum atomic E-state index is 12.9. The number of fused-ring (bicyclic) bond motifs is 1. The lowest BCUT2D eigenvalue weighted by molar-refractivity contribution is -0.156. The standard InChI is InChI=1S/C24H30N2O6/c1-14(22(28)25-11-15-2-3-19-20(7-15)31-13-30-19)32-21(27)12-26-23(29)24-8-16-4-17(9-24)6-18(5-16)10-24/h2-3,7,14,16-18H,4-6,8-13H2,1H3,(H,25,28)(H,26,29)/t14-,16?,17?,18?,24?/m0/s1. The van der Waals surface area contributed by atoms with Gasteiger partial charge in [0.25, 0.3) is 5.91 Å². The number of esters is 1. The third-order valence-corrected chi connectivity index (χ3v) is 7.49. The molecule has 32 heavy (non-hydrogen) atoms. The van der Waals surface area contributed by atoms with Crippen LogP contribution in [0.2, 0.25) is 0 Å². The van der Waals surface area contributed by atoms with Crippen LogP contribution in [0, 0.1) is 23.2 Å². The molecule has 0 spiro atoms. The molecule has 0 radical (unpaired) electrons. The van der Waals surface area contributed by atoms with Crippen LogP contribution in [-0.4, -0.2) is 37.2 Å². The molecular formula is C24H30N2O6. The summed E-state index contributed by atoms with van der Waals surface area (Å²) in [6.45, 7) is 1.78. The molecule has 0 aromatic heterocycles. The number of nitrogens with one attached hydrogen (secondary N) is 2. The van der Waals surface area contributed by atoms with Crippen LogP contribution in [0.3, 0.4) is 0 Å². The van der Waals surface area contributed by atoms with Crippen LogP contribution in [0.4, 0.5) is 0 Å². The molecule has 1 aromatic rings. The van der Waals surface area contributed by atoms with Crippen molar-refractivity contribution in [3.05, 3.63) is 23.8 Å². The molecular weight excluding hydrogens is 412 g/mol. The van der Waals surface area contributed by atoms with E-state index in [9.17, 15) is 14.4 Å². The summed E-state index contributed by atoms with van der Waals surface area (Å²) < 4.78 is 15.8. The second-order valence-electron chi connectivity index (χ2n) is 9.92. The predicted octanol–water partition coefficient (Wildman–Crippen LogP) is 2.30. The zero-order valence-electron chi connectivity index (χ0n) is 18.4. The third-order valence-electron chi connectivity index (χ3n) is 7.49. The fraction of sp³-hybridized carbons (Fsp3) is 0.625. The minimum Gasteiger partial charge on any atom is -0.454 e. The molecule has 172 valence electrons. The molecule has 1 aromatic carbocycles. The van der Waals surface area contributed by atoms with Crippen LogP contribution in [0.15, 0.2) is 18.2 Å². The Morgan fingerprint density at radius 1 is 1.03 bits per heavy atom. The highest BCUT2D eigenvalue weighted by Gasteiger charge is 2.54. The first-order valence-electron chi connectivity index (χ1n) is 11.5. The predicted molar refractivity (Wildman–Crippen MR) is 114 cm³/mol. The molecule has 4 aliphatic carbocycles. The van der Waals surface area contributed by atoms with Crippen molar-refractivity contribution in [2.24, 2.45) is 23.2 Å². The number of hydrogen-bond donors (Lipinski definition) is 2. The van der Waals surface area contributed by atoms with Crippen LogP contribution < -0.4 is 20.1 Å². The van der Waals surface area contributed by atoms with E-state index < -0.39 is 18.0 Å². The van der Waals surface area contributed by atoms with Gasteiger partial charge in [0.05, 0.1) is 0 Å². The maximum absolute atomic E-state index is 12.9. The van der Waals surface area contributed by atoms with Crippen molar-refractivity contribution in [3.63, 3.8) is 0 Å². The Balaban J connectivity index is 1.06. The maximum Gasteiger partial charge on any atom is 0.326 e.